The van der Waals surface area contributed by atoms with Crippen molar-refractivity contribution in [2.75, 3.05) is 21.3 Å². The highest BCUT2D eigenvalue weighted by atomic mass is 16.7. The molecule has 0 aliphatic carbocycles. The molecule has 0 aliphatic rings. The highest BCUT2D eigenvalue weighted by Gasteiger charge is 2.13. The second-order valence-corrected chi connectivity index (χ2v) is 4.87. The number of methoxy groups -OCH3 is 3. The monoisotopic (exact) mass is 286 g/mol. The molecule has 21 heavy (non-hydrogen) atoms. The van der Waals surface area contributed by atoms with Crippen molar-refractivity contribution in [3.8, 4) is 0 Å². The molecule has 0 saturated heterocycles. The van der Waals surface area contributed by atoms with Crippen LogP contribution in [0.1, 0.15) is 22.8 Å². The molecular formula is C18H22O3. The molecule has 0 aromatic heterocycles. The molecule has 2 aromatic carbocycles. The predicted molar refractivity (Wildman–Crippen MR) is 83.2 cm³/mol. The van der Waals surface area contributed by atoms with E-state index in [1.54, 1.807) is 21.3 Å². The summed E-state index contributed by atoms with van der Waals surface area (Å²) in [7, 11) is 5.04. The van der Waals surface area contributed by atoms with Crippen LogP contribution in [-0.4, -0.2) is 27.6 Å². The summed E-state index contributed by atoms with van der Waals surface area (Å²) in [5.74, 6) is 0. The van der Waals surface area contributed by atoms with E-state index < -0.39 is 0 Å². The zero-order valence-electron chi connectivity index (χ0n) is 12.8. The SMILES string of the molecule is COC(Cc1ccc(C(OC)c2ccccc2)cc1)OC. The van der Waals surface area contributed by atoms with Crippen LogP contribution in [0.3, 0.4) is 0 Å². The molecule has 1 unspecified atom stereocenters. The highest BCUT2D eigenvalue weighted by molar-refractivity contribution is 5.32. The van der Waals surface area contributed by atoms with Gasteiger partial charge in [-0.25, -0.2) is 0 Å². The lowest BCUT2D eigenvalue weighted by Gasteiger charge is -2.17. The summed E-state index contributed by atoms with van der Waals surface area (Å²) in [4.78, 5) is 0. The van der Waals surface area contributed by atoms with Gasteiger partial charge in [0.15, 0.2) is 6.29 Å². The van der Waals surface area contributed by atoms with Gasteiger partial charge in [-0.05, 0) is 16.7 Å². The van der Waals surface area contributed by atoms with E-state index in [0.29, 0.717) is 0 Å². The summed E-state index contributed by atoms with van der Waals surface area (Å²) in [5, 5.41) is 0. The Bertz CT molecular complexity index is 518. The molecule has 0 spiro atoms. The molecule has 1 atom stereocenters. The third-order valence-corrected chi connectivity index (χ3v) is 3.55. The molecule has 0 fully saturated rings. The topological polar surface area (TPSA) is 27.7 Å². The van der Waals surface area contributed by atoms with Crippen LogP contribution < -0.4 is 0 Å². The van der Waals surface area contributed by atoms with Gasteiger partial charge >= 0.3 is 0 Å². The van der Waals surface area contributed by atoms with Gasteiger partial charge in [-0.15, -0.1) is 0 Å². The van der Waals surface area contributed by atoms with Crippen LogP contribution in [-0.2, 0) is 20.6 Å². The van der Waals surface area contributed by atoms with Crippen molar-refractivity contribution in [2.24, 2.45) is 0 Å². The van der Waals surface area contributed by atoms with E-state index in [1.165, 1.54) is 5.56 Å². The fraction of sp³-hybridized carbons (Fsp3) is 0.333. The number of hydrogen-bond acceptors (Lipinski definition) is 3. The van der Waals surface area contributed by atoms with Crippen molar-refractivity contribution in [1.82, 2.24) is 0 Å². The minimum absolute atomic E-state index is 0.0408. The van der Waals surface area contributed by atoms with Crippen molar-refractivity contribution in [1.29, 1.82) is 0 Å². The summed E-state index contributed by atoms with van der Waals surface area (Å²) in [6.45, 7) is 0. The van der Waals surface area contributed by atoms with E-state index in [0.717, 1.165) is 17.5 Å². The van der Waals surface area contributed by atoms with Crippen LogP contribution in [0.15, 0.2) is 54.6 Å². The van der Waals surface area contributed by atoms with Crippen molar-refractivity contribution in [2.45, 2.75) is 18.8 Å². The Morgan fingerprint density at radius 2 is 1.29 bits per heavy atom. The second-order valence-electron chi connectivity index (χ2n) is 4.87. The second kappa shape index (κ2) is 7.93. The van der Waals surface area contributed by atoms with E-state index >= 15 is 0 Å². The first-order chi connectivity index (χ1) is 10.3. The Kier molecular flexibility index (Phi) is 5.93. The first-order valence-electron chi connectivity index (χ1n) is 7.00. The van der Waals surface area contributed by atoms with E-state index in [2.05, 4.69) is 36.4 Å². The molecule has 0 heterocycles. The van der Waals surface area contributed by atoms with Crippen LogP contribution in [0.2, 0.25) is 0 Å². The van der Waals surface area contributed by atoms with Gasteiger partial charge in [0.05, 0.1) is 0 Å². The van der Waals surface area contributed by atoms with Crippen LogP contribution >= 0.6 is 0 Å². The molecule has 0 saturated carbocycles. The summed E-state index contributed by atoms with van der Waals surface area (Å²) < 4.78 is 16.1. The Labute approximate surface area is 126 Å². The van der Waals surface area contributed by atoms with Crippen molar-refractivity contribution in [3.63, 3.8) is 0 Å². The number of benzene rings is 2. The highest BCUT2D eigenvalue weighted by Crippen LogP contribution is 2.25. The zero-order chi connectivity index (χ0) is 15.1. The molecule has 0 N–H and O–H groups in total. The Morgan fingerprint density at radius 3 is 1.81 bits per heavy atom. The molecule has 112 valence electrons. The molecule has 3 nitrogen and oxygen atoms in total. The lowest BCUT2D eigenvalue weighted by atomic mass is 9.99. The fourth-order valence-electron chi connectivity index (χ4n) is 2.38. The molecule has 0 bridgehead atoms. The molecule has 0 amide bonds. The van der Waals surface area contributed by atoms with Gasteiger partial charge < -0.3 is 14.2 Å². The van der Waals surface area contributed by atoms with Crippen LogP contribution in [0, 0.1) is 0 Å². The average Bonchev–Trinajstić information content (AvgIpc) is 2.55. The van der Waals surface area contributed by atoms with Crippen molar-refractivity contribution < 1.29 is 14.2 Å². The van der Waals surface area contributed by atoms with Crippen molar-refractivity contribution >= 4 is 0 Å². The molecule has 0 radical (unpaired) electrons. The number of ether oxygens (including phenoxy) is 3. The van der Waals surface area contributed by atoms with Crippen LogP contribution in [0.4, 0.5) is 0 Å². The first-order valence-corrected chi connectivity index (χ1v) is 7.00. The van der Waals surface area contributed by atoms with Gasteiger partial charge in [0.1, 0.15) is 6.10 Å². The third kappa shape index (κ3) is 4.14. The molecule has 0 aliphatic heterocycles. The minimum atomic E-state index is -0.205. The lowest BCUT2D eigenvalue weighted by molar-refractivity contribution is -0.100. The fourth-order valence-corrected chi connectivity index (χ4v) is 2.38. The number of rotatable bonds is 7. The van der Waals surface area contributed by atoms with E-state index in [4.69, 9.17) is 14.2 Å². The van der Waals surface area contributed by atoms with Gasteiger partial charge in [0, 0.05) is 27.8 Å². The predicted octanol–water partition coefficient (Wildman–Crippen LogP) is 3.58. The maximum Gasteiger partial charge on any atom is 0.160 e. The average molecular weight is 286 g/mol. The number of hydrogen-bond donors (Lipinski definition) is 0. The standard InChI is InChI=1S/C18H22O3/c1-19-17(20-2)13-14-9-11-16(12-10-14)18(21-3)15-7-5-4-6-8-15/h4-12,17-18H,13H2,1-3H3. The van der Waals surface area contributed by atoms with Crippen LogP contribution in [0.25, 0.3) is 0 Å². The first kappa shape index (κ1) is 15.7. The maximum absolute atomic E-state index is 5.64. The van der Waals surface area contributed by atoms with Gasteiger partial charge in [-0.1, -0.05) is 54.6 Å². The molecule has 2 rings (SSSR count). The zero-order valence-corrected chi connectivity index (χ0v) is 12.8. The van der Waals surface area contributed by atoms with Gasteiger partial charge in [0.25, 0.3) is 0 Å². The Morgan fingerprint density at radius 1 is 0.714 bits per heavy atom. The van der Waals surface area contributed by atoms with Gasteiger partial charge in [-0.3, -0.25) is 0 Å². The molecule has 2 aromatic rings. The smallest absolute Gasteiger partial charge is 0.160 e. The van der Waals surface area contributed by atoms with E-state index in [1.807, 2.05) is 18.2 Å². The Hall–Kier alpha value is -1.68. The van der Waals surface area contributed by atoms with E-state index in [9.17, 15) is 0 Å². The summed E-state index contributed by atoms with van der Waals surface area (Å²) >= 11 is 0. The quantitative estimate of drug-likeness (QED) is 0.728. The van der Waals surface area contributed by atoms with Gasteiger partial charge in [-0.2, -0.15) is 0 Å². The van der Waals surface area contributed by atoms with Gasteiger partial charge in [0.2, 0.25) is 0 Å². The van der Waals surface area contributed by atoms with E-state index in [-0.39, 0.29) is 12.4 Å². The largest absolute Gasteiger partial charge is 0.372 e. The molecular weight excluding hydrogens is 264 g/mol. The lowest BCUT2D eigenvalue weighted by Crippen LogP contribution is -2.16. The molecule has 3 heteroatoms. The normalized spacial score (nSPS) is 12.6. The minimum Gasteiger partial charge on any atom is -0.372 e. The summed E-state index contributed by atoms with van der Waals surface area (Å²) in [6, 6.07) is 18.6. The summed E-state index contributed by atoms with van der Waals surface area (Å²) in [5.41, 5.74) is 3.47. The third-order valence-electron chi connectivity index (χ3n) is 3.55. The Balaban J connectivity index is 2.14. The van der Waals surface area contributed by atoms with Crippen LogP contribution in [0.5, 0.6) is 0 Å². The maximum atomic E-state index is 5.64. The van der Waals surface area contributed by atoms with Crippen molar-refractivity contribution in [3.05, 3.63) is 71.3 Å². The summed E-state index contributed by atoms with van der Waals surface area (Å²) in [6.07, 6.45) is 0.486.